The summed E-state index contributed by atoms with van der Waals surface area (Å²) in [6.45, 7) is 0.168. The number of thioether (sulfide) groups is 1. The van der Waals surface area contributed by atoms with Gasteiger partial charge in [-0.25, -0.2) is 4.79 Å². The second kappa shape index (κ2) is 2.36. The van der Waals surface area contributed by atoms with Crippen LogP contribution in [0.5, 0.6) is 0 Å². The minimum absolute atomic E-state index is 0.109. The van der Waals surface area contributed by atoms with Gasteiger partial charge < -0.3 is 5.11 Å². The molecule has 9 heavy (non-hydrogen) atoms. The van der Waals surface area contributed by atoms with Gasteiger partial charge in [-0.1, -0.05) is 11.8 Å². The topological polar surface area (TPSA) is 66.4 Å². The normalized spacial score (nSPS) is 26.7. The number of hydrogen-bond acceptors (Lipinski definition) is 4. The van der Waals surface area contributed by atoms with E-state index >= 15 is 0 Å². The van der Waals surface area contributed by atoms with E-state index in [9.17, 15) is 9.59 Å². The first-order chi connectivity index (χ1) is 4.20. The van der Waals surface area contributed by atoms with Gasteiger partial charge in [0.15, 0.2) is 5.37 Å². The third kappa shape index (κ3) is 1.43. The van der Waals surface area contributed by atoms with Gasteiger partial charge in [-0.2, -0.15) is 0 Å². The second-order valence-corrected chi connectivity index (χ2v) is 2.75. The summed E-state index contributed by atoms with van der Waals surface area (Å²) >= 11 is 0.824. The third-order valence-electron chi connectivity index (χ3n) is 0.905. The molecule has 1 aliphatic heterocycles. The fourth-order valence-corrected chi connectivity index (χ4v) is 1.23. The molecule has 0 aromatic heterocycles. The Bertz CT molecular complexity index is 158. The molecule has 0 radical (unpaired) electrons. The van der Waals surface area contributed by atoms with E-state index in [1.165, 1.54) is 0 Å². The lowest BCUT2D eigenvalue weighted by Gasteiger charge is -1.97. The van der Waals surface area contributed by atoms with Gasteiger partial charge in [0.25, 0.3) is 0 Å². The fourth-order valence-electron chi connectivity index (χ4n) is 0.529. The van der Waals surface area contributed by atoms with Gasteiger partial charge in [-0.3, -0.25) is 10.1 Å². The van der Waals surface area contributed by atoms with Crippen LogP contribution in [0.2, 0.25) is 0 Å². The van der Waals surface area contributed by atoms with Crippen molar-refractivity contribution in [3.8, 4) is 0 Å². The summed E-state index contributed by atoms with van der Waals surface area (Å²) in [7, 11) is 0. The fraction of sp³-hybridized carbons (Fsp3) is 0.500. The van der Waals surface area contributed by atoms with Gasteiger partial charge in [0, 0.05) is 0 Å². The summed E-state index contributed by atoms with van der Waals surface area (Å²) in [5.74, 6) is -0.981. The van der Waals surface area contributed by atoms with Crippen LogP contribution in [0, 0.1) is 0 Å². The molecule has 1 rings (SSSR count). The van der Waals surface area contributed by atoms with Crippen LogP contribution in [0.15, 0.2) is 0 Å². The van der Waals surface area contributed by atoms with Gasteiger partial charge in [0.05, 0.1) is 6.54 Å². The van der Waals surface area contributed by atoms with Crippen LogP contribution in [0.4, 0.5) is 0 Å². The summed E-state index contributed by atoms with van der Waals surface area (Å²) in [5, 5.41) is 9.98. The predicted molar refractivity (Wildman–Crippen MR) is 32.0 cm³/mol. The molecule has 1 heterocycles. The number of aliphatic carboxylic acids is 1. The lowest BCUT2D eigenvalue weighted by molar-refractivity contribution is -0.136. The molecule has 1 unspecified atom stereocenters. The quantitative estimate of drug-likeness (QED) is 0.511. The van der Waals surface area contributed by atoms with Gasteiger partial charge in [-0.15, -0.1) is 0 Å². The van der Waals surface area contributed by atoms with Crippen molar-refractivity contribution in [1.29, 1.82) is 0 Å². The molecule has 5 heteroatoms. The van der Waals surface area contributed by atoms with Crippen LogP contribution in [-0.2, 0) is 9.59 Å². The van der Waals surface area contributed by atoms with E-state index in [4.69, 9.17) is 5.11 Å². The lowest BCUT2D eigenvalue weighted by atomic mass is 10.6. The third-order valence-corrected chi connectivity index (χ3v) is 1.92. The highest BCUT2D eigenvalue weighted by atomic mass is 32.2. The van der Waals surface area contributed by atoms with Crippen LogP contribution >= 0.6 is 11.8 Å². The van der Waals surface area contributed by atoms with Gasteiger partial charge >= 0.3 is 5.97 Å². The molecule has 1 saturated heterocycles. The van der Waals surface area contributed by atoms with Crippen LogP contribution in [0.1, 0.15) is 0 Å². The number of rotatable bonds is 1. The van der Waals surface area contributed by atoms with E-state index < -0.39 is 11.3 Å². The van der Waals surface area contributed by atoms with E-state index in [0.717, 1.165) is 11.8 Å². The SMILES string of the molecule is O=C1CNC(C(=O)O)S1. The maximum absolute atomic E-state index is 10.4. The predicted octanol–water partition coefficient (Wildman–Crippen LogP) is -0.740. The standard InChI is InChI=1S/C4H5NO3S/c6-2-1-5-3(9-2)4(7)8/h3,5H,1H2,(H,7,8). The minimum atomic E-state index is -0.981. The van der Waals surface area contributed by atoms with E-state index in [0.29, 0.717) is 0 Å². The van der Waals surface area contributed by atoms with Crippen molar-refractivity contribution in [3.05, 3.63) is 0 Å². The molecule has 0 spiro atoms. The zero-order chi connectivity index (χ0) is 6.85. The molecule has 1 fully saturated rings. The Balaban J connectivity index is 2.48. The molecular weight excluding hydrogens is 142 g/mol. The first kappa shape index (κ1) is 6.57. The number of nitrogens with one attached hydrogen (secondary N) is 1. The first-order valence-corrected chi connectivity index (χ1v) is 3.24. The van der Waals surface area contributed by atoms with Crippen molar-refractivity contribution in [2.24, 2.45) is 0 Å². The zero-order valence-electron chi connectivity index (χ0n) is 4.46. The Morgan fingerprint density at radius 2 is 2.56 bits per heavy atom. The monoisotopic (exact) mass is 147 g/mol. The summed E-state index contributed by atoms with van der Waals surface area (Å²) in [4.78, 5) is 20.5. The second-order valence-electron chi connectivity index (χ2n) is 1.59. The summed E-state index contributed by atoms with van der Waals surface area (Å²) in [6, 6.07) is 0. The molecule has 0 aromatic carbocycles. The van der Waals surface area contributed by atoms with Crippen LogP contribution in [0.25, 0.3) is 0 Å². The zero-order valence-corrected chi connectivity index (χ0v) is 5.27. The summed E-state index contributed by atoms with van der Waals surface area (Å²) in [6.07, 6.45) is 0. The van der Waals surface area contributed by atoms with Crippen molar-refractivity contribution in [2.75, 3.05) is 6.54 Å². The largest absolute Gasteiger partial charge is 0.479 e. The van der Waals surface area contributed by atoms with Crippen molar-refractivity contribution < 1.29 is 14.7 Å². The maximum atomic E-state index is 10.4. The van der Waals surface area contributed by atoms with Crippen molar-refractivity contribution in [3.63, 3.8) is 0 Å². The highest BCUT2D eigenvalue weighted by Gasteiger charge is 2.27. The van der Waals surface area contributed by atoms with Crippen molar-refractivity contribution in [2.45, 2.75) is 5.37 Å². The lowest BCUT2D eigenvalue weighted by Crippen LogP contribution is -2.28. The molecule has 1 atom stereocenters. The van der Waals surface area contributed by atoms with Crippen molar-refractivity contribution in [1.82, 2.24) is 5.32 Å². The van der Waals surface area contributed by atoms with E-state index in [2.05, 4.69) is 5.32 Å². The average molecular weight is 147 g/mol. The molecule has 2 N–H and O–H groups in total. The molecule has 0 amide bonds. The molecule has 0 aliphatic carbocycles. The van der Waals surface area contributed by atoms with Gasteiger partial charge in [-0.05, 0) is 0 Å². The van der Waals surface area contributed by atoms with Crippen LogP contribution in [-0.4, -0.2) is 28.1 Å². The highest BCUT2D eigenvalue weighted by Crippen LogP contribution is 2.14. The summed E-state index contributed by atoms with van der Waals surface area (Å²) in [5.41, 5.74) is 0. The van der Waals surface area contributed by atoms with Gasteiger partial charge in [0.1, 0.15) is 0 Å². The Morgan fingerprint density at radius 3 is 2.78 bits per heavy atom. The maximum Gasteiger partial charge on any atom is 0.331 e. The highest BCUT2D eigenvalue weighted by molar-refractivity contribution is 8.15. The van der Waals surface area contributed by atoms with E-state index in [1.54, 1.807) is 0 Å². The van der Waals surface area contributed by atoms with Crippen molar-refractivity contribution >= 4 is 22.8 Å². The Kier molecular flexibility index (Phi) is 1.73. The molecule has 0 aromatic rings. The minimum Gasteiger partial charge on any atom is -0.479 e. The molecule has 4 nitrogen and oxygen atoms in total. The molecule has 50 valence electrons. The molecular formula is C4H5NO3S. The first-order valence-electron chi connectivity index (χ1n) is 2.36. The molecule has 0 bridgehead atoms. The smallest absolute Gasteiger partial charge is 0.331 e. The number of carboxylic acid groups (broad SMARTS) is 1. The molecule has 1 aliphatic rings. The number of carbonyl (C=O) groups is 2. The van der Waals surface area contributed by atoms with E-state index in [-0.39, 0.29) is 11.7 Å². The number of carboxylic acids is 1. The Morgan fingerprint density at radius 1 is 1.89 bits per heavy atom. The number of carbonyl (C=O) groups excluding carboxylic acids is 1. The van der Waals surface area contributed by atoms with Crippen LogP contribution < -0.4 is 5.32 Å². The summed E-state index contributed by atoms with van der Waals surface area (Å²) < 4.78 is 0. The Labute approximate surface area is 55.6 Å². The van der Waals surface area contributed by atoms with Gasteiger partial charge in [0.2, 0.25) is 5.12 Å². The Hall–Kier alpha value is -0.550. The average Bonchev–Trinajstić information content (AvgIpc) is 2.14. The number of hydrogen-bond donors (Lipinski definition) is 2. The van der Waals surface area contributed by atoms with Crippen LogP contribution in [0.3, 0.4) is 0 Å². The van der Waals surface area contributed by atoms with E-state index in [1.807, 2.05) is 0 Å². The molecule has 0 saturated carbocycles.